The number of hydrogen-bond acceptors (Lipinski definition) is 2. The Labute approximate surface area is 66.3 Å². The maximum atomic E-state index is 12.0. The molecule has 0 saturated heterocycles. The van der Waals surface area contributed by atoms with Gasteiger partial charge in [0, 0.05) is 0 Å². The summed E-state index contributed by atoms with van der Waals surface area (Å²) in [5.74, 6) is 0. The molecule has 1 aromatic rings. The van der Waals surface area contributed by atoms with Crippen LogP contribution >= 0.6 is 0 Å². The van der Waals surface area contributed by atoms with Crippen LogP contribution in [0.1, 0.15) is 11.4 Å². The first-order valence-electron chi connectivity index (χ1n) is 3.06. The van der Waals surface area contributed by atoms with Crippen LogP contribution in [0.5, 0.6) is 0 Å². The van der Waals surface area contributed by atoms with Gasteiger partial charge < -0.3 is 0 Å². The van der Waals surface area contributed by atoms with Gasteiger partial charge in [0.25, 0.3) is 0 Å². The fraction of sp³-hybridized carbons (Fsp3) is 0.333. The molecule has 0 aliphatic carbocycles. The van der Waals surface area contributed by atoms with Crippen molar-refractivity contribution < 1.29 is 13.2 Å². The molecule has 0 unspecified atom stereocenters. The zero-order chi connectivity index (χ0) is 9.35. The van der Waals surface area contributed by atoms with Gasteiger partial charge in [0.15, 0.2) is 0 Å². The molecule has 6 heteroatoms. The second-order valence-corrected chi connectivity index (χ2v) is 2.23. The first-order chi connectivity index (χ1) is 5.43. The molecule has 1 aromatic heterocycles. The SMILES string of the molecule is C=C(c1n[nH]nc1C)C(F)(F)F. The fourth-order valence-corrected chi connectivity index (χ4v) is 0.704. The predicted molar refractivity (Wildman–Crippen MR) is 36.2 cm³/mol. The zero-order valence-electron chi connectivity index (χ0n) is 6.24. The minimum absolute atomic E-state index is 0.192. The van der Waals surface area contributed by atoms with Gasteiger partial charge in [0.2, 0.25) is 0 Å². The Balaban J connectivity index is 3.01. The first-order valence-corrected chi connectivity index (χ1v) is 3.06. The van der Waals surface area contributed by atoms with E-state index in [0.29, 0.717) is 0 Å². The molecule has 0 aliphatic heterocycles. The van der Waals surface area contributed by atoms with Gasteiger partial charge in [-0.3, -0.25) is 0 Å². The summed E-state index contributed by atoms with van der Waals surface area (Å²) in [5, 5.41) is 8.87. The van der Waals surface area contributed by atoms with Crippen molar-refractivity contribution in [3.05, 3.63) is 18.0 Å². The van der Waals surface area contributed by atoms with Crippen molar-refractivity contribution in [3.63, 3.8) is 0 Å². The molecular formula is C6H6F3N3. The fourth-order valence-electron chi connectivity index (χ4n) is 0.704. The molecule has 12 heavy (non-hydrogen) atoms. The Morgan fingerprint density at radius 1 is 1.42 bits per heavy atom. The van der Waals surface area contributed by atoms with Crippen molar-refractivity contribution in [2.45, 2.75) is 13.1 Å². The topological polar surface area (TPSA) is 41.6 Å². The van der Waals surface area contributed by atoms with Crippen molar-refractivity contribution in [2.24, 2.45) is 0 Å². The van der Waals surface area contributed by atoms with Crippen LogP contribution in [0, 0.1) is 6.92 Å². The average Bonchev–Trinajstić information content (AvgIpc) is 2.31. The highest BCUT2D eigenvalue weighted by Crippen LogP contribution is 2.31. The number of rotatable bonds is 1. The summed E-state index contributed by atoms with van der Waals surface area (Å²) in [4.78, 5) is 0. The monoisotopic (exact) mass is 177 g/mol. The van der Waals surface area contributed by atoms with E-state index in [1.165, 1.54) is 6.92 Å². The minimum atomic E-state index is -4.44. The summed E-state index contributed by atoms with van der Waals surface area (Å²) < 4.78 is 36.0. The van der Waals surface area contributed by atoms with E-state index in [2.05, 4.69) is 22.0 Å². The van der Waals surface area contributed by atoms with Crippen LogP contribution in [0.25, 0.3) is 5.57 Å². The highest BCUT2D eigenvalue weighted by atomic mass is 19.4. The van der Waals surface area contributed by atoms with Crippen molar-refractivity contribution in [2.75, 3.05) is 0 Å². The van der Waals surface area contributed by atoms with Gasteiger partial charge in [-0.25, -0.2) is 0 Å². The van der Waals surface area contributed by atoms with Crippen LogP contribution < -0.4 is 0 Å². The van der Waals surface area contributed by atoms with Crippen LogP contribution in [-0.4, -0.2) is 21.6 Å². The molecule has 0 aromatic carbocycles. The number of nitrogens with one attached hydrogen (secondary N) is 1. The van der Waals surface area contributed by atoms with E-state index in [1.54, 1.807) is 0 Å². The molecule has 1 N–H and O–H groups in total. The van der Waals surface area contributed by atoms with Gasteiger partial charge in [-0.2, -0.15) is 28.6 Å². The van der Waals surface area contributed by atoms with E-state index in [-0.39, 0.29) is 11.4 Å². The van der Waals surface area contributed by atoms with Crippen molar-refractivity contribution in [1.29, 1.82) is 0 Å². The third kappa shape index (κ3) is 1.46. The van der Waals surface area contributed by atoms with E-state index in [1.807, 2.05) is 0 Å². The Morgan fingerprint density at radius 3 is 2.33 bits per heavy atom. The normalized spacial score (nSPS) is 11.7. The van der Waals surface area contributed by atoms with Crippen molar-refractivity contribution in [1.82, 2.24) is 15.4 Å². The van der Waals surface area contributed by atoms with Gasteiger partial charge >= 0.3 is 6.18 Å². The number of alkyl halides is 3. The quantitative estimate of drug-likeness (QED) is 0.709. The molecule has 0 saturated carbocycles. The van der Waals surface area contributed by atoms with E-state index in [0.717, 1.165) is 0 Å². The van der Waals surface area contributed by atoms with Crippen LogP contribution in [0.15, 0.2) is 6.58 Å². The number of nitrogens with zero attached hydrogens (tertiary/aromatic N) is 2. The third-order valence-corrected chi connectivity index (χ3v) is 1.35. The number of aromatic amines is 1. The number of aryl methyl sites for hydroxylation is 1. The van der Waals surface area contributed by atoms with Gasteiger partial charge in [-0.15, -0.1) is 0 Å². The Morgan fingerprint density at radius 2 is 2.00 bits per heavy atom. The molecule has 0 amide bonds. The second-order valence-electron chi connectivity index (χ2n) is 2.23. The largest absolute Gasteiger partial charge is 0.418 e. The van der Waals surface area contributed by atoms with Gasteiger partial charge in [-0.1, -0.05) is 6.58 Å². The van der Waals surface area contributed by atoms with Crippen LogP contribution in [0.4, 0.5) is 13.2 Å². The Bertz CT molecular complexity index is 299. The highest BCUT2D eigenvalue weighted by Gasteiger charge is 2.35. The molecule has 0 bridgehead atoms. The van der Waals surface area contributed by atoms with Crippen molar-refractivity contribution >= 4 is 5.57 Å². The smallest absolute Gasteiger partial charge is 0.197 e. The van der Waals surface area contributed by atoms with Gasteiger partial charge in [0.1, 0.15) is 5.69 Å². The lowest BCUT2D eigenvalue weighted by Crippen LogP contribution is -2.10. The number of H-pyrrole nitrogens is 1. The lowest BCUT2D eigenvalue weighted by Gasteiger charge is -2.06. The summed E-state index contributed by atoms with van der Waals surface area (Å²) in [6.07, 6.45) is -4.44. The summed E-state index contributed by atoms with van der Waals surface area (Å²) in [6.45, 7) is 4.31. The number of halogens is 3. The molecule has 0 spiro atoms. The number of aromatic nitrogens is 3. The molecule has 3 nitrogen and oxygen atoms in total. The molecule has 1 heterocycles. The van der Waals surface area contributed by atoms with Gasteiger partial charge in [-0.05, 0) is 6.92 Å². The molecule has 0 atom stereocenters. The van der Waals surface area contributed by atoms with Crippen LogP contribution in [0.3, 0.4) is 0 Å². The maximum Gasteiger partial charge on any atom is 0.418 e. The van der Waals surface area contributed by atoms with E-state index < -0.39 is 11.7 Å². The predicted octanol–water partition coefficient (Wildman–Crippen LogP) is 1.69. The lowest BCUT2D eigenvalue weighted by atomic mass is 10.2. The zero-order valence-corrected chi connectivity index (χ0v) is 6.24. The Hall–Kier alpha value is -1.33. The number of allylic oxidation sites excluding steroid dienone is 1. The summed E-state index contributed by atoms with van der Waals surface area (Å²) >= 11 is 0. The first kappa shape index (κ1) is 8.76. The van der Waals surface area contributed by atoms with E-state index in [4.69, 9.17) is 0 Å². The highest BCUT2D eigenvalue weighted by molar-refractivity contribution is 5.65. The molecule has 66 valence electrons. The summed E-state index contributed by atoms with van der Waals surface area (Å²) in [6, 6.07) is 0. The molecular weight excluding hydrogens is 171 g/mol. The molecule has 0 fully saturated rings. The van der Waals surface area contributed by atoms with Crippen molar-refractivity contribution in [3.8, 4) is 0 Å². The molecule has 1 rings (SSSR count). The summed E-state index contributed by atoms with van der Waals surface area (Å²) in [7, 11) is 0. The van der Waals surface area contributed by atoms with Crippen LogP contribution in [0.2, 0.25) is 0 Å². The Kier molecular flexibility index (Phi) is 1.91. The molecule has 0 radical (unpaired) electrons. The minimum Gasteiger partial charge on any atom is -0.197 e. The van der Waals surface area contributed by atoms with E-state index >= 15 is 0 Å². The molecule has 0 aliphatic rings. The van der Waals surface area contributed by atoms with Crippen LogP contribution in [-0.2, 0) is 0 Å². The van der Waals surface area contributed by atoms with Gasteiger partial charge in [0.05, 0.1) is 11.3 Å². The second kappa shape index (κ2) is 2.62. The lowest BCUT2D eigenvalue weighted by molar-refractivity contribution is -0.0689. The third-order valence-electron chi connectivity index (χ3n) is 1.35. The standard InChI is InChI=1S/C6H6F3N3/c1-3(6(7,8)9)5-4(2)10-12-11-5/h1H2,2H3,(H,10,11,12). The summed E-state index contributed by atoms with van der Waals surface area (Å²) in [5.41, 5.74) is -1.02. The number of hydrogen-bond donors (Lipinski definition) is 1. The maximum absolute atomic E-state index is 12.0. The average molecular weight is 177 g/mol. The van der Waals surface area contributed by atoms with E-state index in [9.17, 15) is 13.2 Å².